The highest BCUT2D eigenvalue weighted by atomic mass is 35.5. The van der Waals surface area contributed by atoms with Gasteiger partial charge in [-0.15, -0.1) is 0 Å². The highest BCUT2D eigenvalue weighted by Gasteiger charge is 2.26. The second-order valence-electron chi connectivity index (χ2n) is 3.24. The maximum atomic E-state index is 10.9. The van der Waals surface area contributed by atoms with Gasteiger partial charge in [-0.05, 0) is 26.0 Å². The standard InChI is InChI=1S/C10H13ClNO5PS/c1-3-15-18(19,16-4-2)17-10-6-5-8(11)7-9(10)12(13)14/h5-7H,3-4H2,1-2H3. The first-order valence-electron chi connectivity index (χ1n) is 5.44. The molecule has 0 atom stereocenters. The summed E-state index contributed by atoms with van der Waals surface area (Å²) in [6, 6.07) is 4.04. The average molecular weight is 326 g/mol. The van der Waals surface area contributed by atoms with Crippen molar-refractivity contribution in [3.63, 3.8) is 0 Å². The molecule has 0 N–H and O–H groups in total. The molecular formula is C10H13ClNO5PS. The molecule has 19 heavy (non-hydrogen) atoms. The van der Waals surface area contributed by atoms with E-state index in [4.69, 9.17) is 37.0 Å². The van der Waals surface area contributed by atoms with Crippen LogP contribution in [0.5, 0.6) is 5.75 Å². The van der Waals surface area contributed by atoms with Crippen LogP contribution in [0.4, 0.5) is 5.69 Å². The van der Waals surface area contributed by atoms with Gasteiger partial charge in [0.25, 0.3) is 0 Å². The van der Waals surface area contributed by atoms with Crippen molar-refractivity contribution in [3.05, 3.63) is 33.3 Å². The van der Waals surface area contributed by atoms with E-state index in [0.29, 0.717) is 13.2 Å². The molecule has 0 amide bonds. The lowest BCUT2D eigenvalue weighted by molar-refractivity contribution is -0.385. The Morgan fingerprint density at radius 3 is 2.42 bits per heavy atom. The van der Waals surface area contributed by atoms with Gasteiger partial charge >= 0.3 is 12.4 Å². The van der Waals surface area contributed by atoms with Crippen molar-refractivity contribution in [1.82, 2.24) is 0 Å². The van der Waals surface area contributed by atoms with Gasteiger partial charge in [-0.1, -0.05) is 11.6 Å². The van der Waals surface area contributed by atoms with Crippen LogP contribution in [-0.2, 0) is 20.9 Å². The second kappa shape index (κ2) is 7.17. The van der Waals surface area contributed by atoms with Gasteiger partial charge in [0.1, 0.15) is 0 Å². The summed E-state index contributed by atoms with van der Waals surface area (Å²) in [5, 5.41) is 11.2. The highest BCUT2D eigenvalue weighted by Crippen LogP contribution is 2.51. The molecule has 0 aliphatic rings. The number of hydrogen-bond donors (Lipinski definition) is 0. The van der Waals surface area contributed by atoms with Gasteiger partial charge in [0.05, 0.1) is 18.1 Å². The van der Waals surface area contributed by atoms with Crippen LogP contribution >= 0.6 is 18.3 Å². The molecule has 9 heteroatoms. The summed E-state index contributed by atoms with van der Waals surface area (Å²) in [6.07, 6.45) is 0. The predicted octanol–water partition coefficient (Wildman–Crippen LogP) is 3.92. The molecule has 0 radical (unpaired) electrons. The zero-order valence-electron chi connectivity index (χ0n) is 10.4. The number of halogens is 1. The summed E-state index contributed by atoms with van der Waals surface area (Å²) in [5.74, 6) is -0.0142. The molecule has 6 nitrogen and oxygen atoms in total. The van der Waals surface area contributed by atoms with Crippen LogP contribution in [0.15, 0.2) is 18.2 Å². The van der Waals surface area contributed by atoms with E-state index in [9.17, 15) is 10.1 Å². The summed E-state index contributed by atoms with van der Waals surface area (Å²) in [6.45, 7) is 1.02. The molecule has 0 aromatic heterocycles. The Bertz CT molecular complexity index is 503. The fraction of sp³-hybridized carbons (Fsp3) is 0.400. The first-order valence-corrected chi connectivity index (χ1v) is 8.38. The minimum absolute atomic E-state index is 0.0142. The minimum Gasteiger partial charge on any atom is -0.417 e. The van der Waals surface area contributed by atoms with Gasteiger partial charge in [0.2, 0.25) is 5.75 Å². The molecule has 106 valence electrons. The van der Waals surface area contributed by atoms with Crippen molar-refractivity contribution in [3.8, 4) is 5.75 Å². The first-order chi connectivity index (χ1) is 8.91. The van der Waals surface area contributed by atoms with Crippen LogP contribution in [0.2, 0.25) is 5.02 Å². The molecule has 0 saturated carbocycles. The van der Waals surface area contributed by atoms with Crippen LogP contribution < -0.4 is 4.52 Å². The molecule has 0 saturated heterocycles. The van der Waals surface area contributed by atoms with Crippen LogP contribution in [0.25, 0.3) is 0 Å². The Morgan fingerprint density at radius 2 is 1.95 bits per heavy atom. The Balaban J connectivity index is 3.09. The molecule has 0 bridgehead atoms. The SMILES string of the molecule is CCOP(=S)(OCC)Oc1ccc(Cl)cc1[N+](=O)[O-]. The van der Waals surface area contributed by atoms with Crippen molar-refractivity contribution in [2.75, 3.05) is 13.2 Å². The topological polar surface area (TPSA) is 70.8 Å². The number of nitro benzene ring substituents is 1. The number of benzene rings is 1. The number of hydrogen-bond acceptors (Lipinski definition) is 6. The lowest BCUT2D eigenvalue weighted by Gasteiger charge is -2.20. The molecule has 0 spiro atoms. The number of nitrogens with zero attached hydrogens (tertiary/aromatic N) is 1. The minimum atomic E-state index is -3.04. The van der Waals surface area contributed by atoms with Crippen molar-refractivity contribution in [1.29, 1.82) is 0 Å². The van der Waals surface area contributed by atoms with Crippen molar-refractivity contribution < 1.29 is 18.5 Å². The zero-order chi connectivity index (χ0) is 14.5. The van der Waals surface area contributed by atoms with Crippen molar-refractivity contribution >= 4 is 35.8 Å². The van der Waals surface area contributed by atoms with Gasteiger partial charge in [0, 0.05) is 22.9 Å². The first kappa shape index (κ1) is 16.3. The predicted molar refractivity (Wildman–Crippen MR) is 76.3 cm³/mol. The van der Waals surface area contributed by atoms with Gasteiger partial charge in [-0.2, -0.15) is 0 Å². The molecule has 0 heterocycles. The summed E-state index contributed by atoms with van der Waals surface area (Å²) in [5.41, 5.74) is -0.277. The molecule has 0 aliphatic carbocycles. The summed E-state index contributed by atoms with van der Waals surface area (Å²) in [7, 11) is 0. The van der Waals surface area contributed by atoms with E-state index in [1.165, 1.54) is 18.2 Å². The molecule has 0 fully saturated rings. The van der Waals surface area contributed by atoms with Crippen LogP contribution in [0.3, 0.4) is 0 Å². The highest BCUT2D eigenvalue weighted by molar-refractivity contribution is 8.07. The Morgan fingerprint density at radius 1 is 1.37 bits per heavy atom. The maximum absolute atomic E-state index is 10.9. The summed E-state index contributed by atoms with van der Waals surface area (Å²) >= 11 is 10.9. The molecule has 0 aliphatic heterocycles. The number of nitro groups is 1. The monoisotopic (exact) mass is 325 g/mol. The summed E-state index contributed by atoms with van der Waals surface area (Å²) in [4.78, 5) is 10.3. The summed E-state index contributed by atoms with van der Waals surface area (Å²) < 4.78 is 15.9. The molecule has 1 aromatic rings. The van der Waals surface area contributed by atoms with Crippen molar-refractivity contribution in [2.45, 2.75) is 13.8 Å². The lowest BCUT2D eigenvalue weighted by Crippen LogP contribution is -2.03. The third-order valence-electron chi connectivity index (χ3n) is 1.90. The Hall–Kier alpha value is -0.720. The smallest absolute Gasteiger partial charge is 0.380 e. The second-order valence-corrected chi connectivity index (χ2v) is 6.61. The van der Waals surface area contributed by atoms with Crippen LogP contribution in [0.1, 0.15) is 13.8 Å². The molecule has 1 aromatic carbocycles. The van der Waals surface area contributed by atoms with E-state index in [1.807, 2.05) is 0 Å². The van der Waals surface area contributed by atoms with Gasteiger partial charge in [0.15, 0.2) is 0 Å². The fourth-order valence-electron chi connectivity index (χ4n) is 1.24. The molecule has 1 rings (SSSR count). The van der Waals surface area contributed by atoms with E-state index in [2.05, 4.69) is 0 Å². The maximum Gasteiger partial charge on any atom is 0.380 e. The van der Waals surface area contributed by atoms with E-state index >= 15 is 0 Å². The van der Waals surface area contributed by atoms with Gasteiger partial charge < -0.3 is 4.52 Å². The van der Waals surface area contributed by atoms with Crippen LogP contribution in [-0.4, -0.2) is 18.1 Å². The van der Waals surface area contributed by atoms with E-state index in [0.717, 1.165) is 0 Å². The quantitative estimate of drug-likeness (QED) is 0.430. The number of rotatable bonds is 7. The van der Waals surface area contributed by atoms with Crippen LogP contribution in [0, 0.1) is 10.1 Å². The zero-order valence-corrected chi connectivity index (χ0v) is 12.8. The van der Waals surface area contributed by atoms with E-state index < -0.39 is 11.6 Å². The van der Waals surface area contributed by atoms with E-state index in [-0.39, 0.29) is 16.5 Å². The lowest BCUT2D eigenvalue weighted by atomic mass is 10.3. The third-order valence-corrected chi connectivity index (χ3v) is 4.56. The third kappa shape index (κ3) is 4.71. The normalized spacial score (nSPS) is 11.3. The van der Waals surface area contributed by atoms with Gasteiger partial charge in [-0.25, -0.2) is 0 Å². The molecular weight excluding hydrogens is 313 g/mol. The van der Waals surface area contributed by atoms with Crippen molar-refractivity contribution in [2.24, 2.45) is 0 Å². The Labute approximate surface area is 121 Å². The average Bonchev–Trinajstić information content (AvgIpc) is 2.31. The largest absolute Gasteiger partial charge is 0.417 e. The fourth-order valence-corrected chi connectivity index (χ4v) is 3.48. The van der Waals surface area contributed by atoms with Gasteiger partial charge in [-0.3, -0.25) is 19.2 Å². The molecule has 0 unspecified atom stereocenters. The Kier molecular flexibility index (Phi) is 6.16. The van der Waals surface area contributed by atoms with E-state index in [1.54, 1.807) is 13.8 Å².